The zero-order chi connectivity index (χ0) is 15.7. The van der Waals surface area contributed by atoms with E-state index in [1.54, 1.807) is 0 Å². The van der Waals surface area contributed by atoms with E-state index in [1.165, 1.54) is 29.2 Å². The van der Waals surface area contributed by atoms with Gasteiger partial charge in [-0.3, -0.25) is 0 Å². The van der Waals surface area contributed by atoms with E-state index in [4.69, 9.17) is 0 Å². The molecule has 0 aliphatic rings. The highest BCUT2D eigenvalue weighted by atomic mass is 14.1. The lowest BCUT2D eigenvalue weighted by atomic mass is 9.13. The molecular weight excluding hydrogens is 251 g/mol. The Kier molecular flexibility index (Phi) is 7.01. The molecule has 1 heteroatoms. The molecule has 0 amide bonds. The number of hydrogen-bond acceptors (Lipinski definition) is 0. The highest BCUT2D eigenvalue weighted by Gasteiger charge is 2.29. The quantitative estimate of drug-likeness (QED) is 0.436. The second kappa shape index (κ2) is 8.51. The average Bonchev–Trinajstić information content (AvgIpc) is 2.54. The third kappa shape index (κ3) is 3.47. The minimum Gasteiger partial charge on any atom is -0.205 e. The predicted octanol–water partition coefficient (Wildman–Crippen LogP) is 5.49. The fourth-order valence-electron chi connectivity index (χ4n) is 3.58. The number of hydrogen-bond donors (Lipinski definition) is 0. The van der Waals surface area contributed by atoms with Crippen LogP contribution in [0.25, 0.3) is 0 Å². The van der Waals surface area contributed by atoms with Crippen LogP contribution in [0.4, 0.5) is 0 Å². The number of benzene rings is 1. The van der Waals surface area contributed by atoms with E-state index in [1.807, 2.05) is 12.2 Å². The van der Waals surface area contributed by atoms with Gasteiger partial charge in [0.05, 0.1) is 6.15 Å². The second-order valence-corrected chi connectivity index (χ2v) is 5.58. The van der Waals surface area contributed by atoms with E-state index < -0.39 is 6.15 Å². The Morgan fingerprint density at radius 3 is 1.90 bits per heavy atom. The van der Waals surface area contributed by atoms with Crippen LogP contribution in [0.15, 0.2) is 78.7 Å². The molecule has 112 valence electrons. The zero-order valence-electron chi connectivity index (χ0n) is 13.8. The number of rotatable bonds is 8. The lowest BCUT2D eigenvalue weighted by Crippen LogP contribution is -2.51. The summed E-state index contributed by atoms with van der Waals surface area (Å²) in [6.45, 7) is 14.6. The molecule has 0 radical (unpaired) electrons. The molecule has 0 fully saturated rings. The lowest BCUT2D eigenvalue weighted by Gasteiger charge is -2.45. The molecule has 0 atom stereocenters. The van der Waals surface area contributed by atoms with Crippen LogP contribution in [-0.4, -0.2) is 6.15 Å². The summed E-state index contributed by atoms with van der Waals surface area (Å²) in [6.07, 6.45) is 11.0. The summed E-state index contributed by atoms with van der Waals surface area (Å²) >= 11 is 0. The predicted molar refractivity (Wildman–Crippen MR) is 99.5 cm³/mol. The summed E-state index contributed by atoms with van der Waals surface area (Å²) < 4.78 is 0. The van der Waals surface area contributed by atoms with Gasteiger partial charge in [0.25, 0.3) is 0 Å². The minimum absolute atomic E-state index is 0.958. The molecular formula is C20H28B-. The van der Waals surface area contributed by atoms with E-state index in [-0.39, 0.29) is 0 Å². The summed E-state index contributed by atoms with van der Waals surface area (Å²) in [6, 6.07) is 10.8. The standard InChI is InChI=1S/C20H28B/c1-6-11-17-21(18(7-2)8-3,19(9-4)10-5)20-15-13-12-14-16-20/h7-10,12-16H,2,4,6,11,17H2,1,3,5H3/q-1/b18-8+,19-10+. The maximum atomic E-state index is 4.07. The molecule has 1 aromatic carbocycles. The lowest BCUT2D eigenvalue weighted by molar-refractivity contribution is 0.872. The summed E-state index contributed by atoms with van der Waals surface area (Å²) in [5.41, 5.74) is 4.03. The van der Waals surface area contributed by atoms with E-state index in [0.29, 0.717) is 0 Å². The van der Waals surface area contributed by atoms with E-state index in [0.717, 1.165) is 6.32 Å². The third-order valence-corrected chi connectivity index (χ3v) is 4.64. The summed E-state index contributed by atoms with van der Waals surface area (Å²) in [7, 11) is 0. The van der Waals surface area contributed by atoms with Crippen LogP contribution < -0.4 is 5.46 Å². The summed E-state index contributed by atoms with van der Waals surface area (Å²) in [4.78, 5) is 0. The number of allylic oxidation sites excluding steroid dienone is 6. The minimum atomic E-state index is -0.958. The van der Waals surface area contributed by atoms with Crippen molar-refractivity contribution in [1.82, 2.24) is 0 Å². The van der Waals surface area contributed by atoms with Crippen molar-refractivity contribution < 1.29 is 0 Å². The van der Waals surface area contributed by atoms with E-state index in [9.17, 15) is 0 Å². The maximum absolute atomic E-state index is 4.07. The van der Waals surface area contributed by atoms with Gasteiger partial charge in [-0.15, -0.1) is 37.5 Å². The molecule has 0 N–H and O–H groups in total. The molecule has 0 aliphatic heterocycles. The fourth-order valence-corrected chi connectivity index (χ4v) is 3.58. The van der Waals surface area contributed by atoms with Crippen molar-refractivity contribution in [3.8, 4) is 0 Å². The van der Waals surface area contributed by atoms with Gasteiger partial charge in [-0.25, -0.2) is 10.9 Å². The SMILES string of the molecule is C=C/C(=C\C)[B-](CCCC)(/C(C=C)=C/C)c1ccccc1. The van der Waals surface area contributed by atoms with Crippen molar-refractivity contribution in [3.05, 3.63) is 78.7 Å². The highest BCUT2D eigenvalue weighted by Crippen LogP contribution is 2.31. The third-order valence-electron chi connectivity index (χ3n) is 4.64. The Hall–Kier alpha value is -1.76. The largest absolute Gasteiger partial charge is 0.205 e. The molecule has 0 spiro atoms. The van der Waals surface area contributed by atoms with Crippen LogP contribution in [0.1, 0.15) is 33.6 Å². The molecule has 0 nitrogen and oxygen atoms in total. The first-order valence-corrected chi connectivity index (χ1v) is 8.02. The van der Waals surface area contributed by atoms with Gasteiger partial charge < -0.3 is 0 Å². The van der Waals surface area contributed by atoms with Crippen molar-refractivity contribution in [2.45, 2.75) is 39.9 Å². The first-order chi connectivity index (χ1) is 10.2. The van der Waals surface area contributed by atoms with Crippen molar-refractivity contribution in [1.29, 1.82) is 0 Å². The van der Waals surface area contributed by atoms with Crippen LogP contribution in [0.3, 0.4) is 0 Å². The van der Waals surface area contributed by atoms with Crippen LogP contribution in [0, 0.1) is 0 Å². The van der Waals surface area contributed by atoms with Crippen molar-refractivity contribution in [2.24, 2.45) is 0 Å². The van der Waals surface area contributed by atoms with Gasteiger partial charge in [0.1, 0.15) is 0 Å². The fraction of sp³-hybridized carbons (Fsp3) is 0.300. The highest BCUT2D eigenvalue weighted by molar-refractivity contribution is 7.04. The van der Waals surface area contributed by atoms with Gasteiger partial charge in [0.15, 0.2) is 0 Å². The molecule has 0 aliphatic carbocycles. The van der Waals surface area contributed by atoms with Gasteiger partial charge in [0, 0.05) is 0 Å². The Morgan fingerprint density at radius 2 is 1.52 bits per heavy atom. The van der Waals surface area contributed by atoms with Gasteiger partial charge in [-0.1, -0.05) is 50.1 Å². The van der Waals surface area contributed by atoms with Gasteiger partial charge in [-0.05, 0) is 13.8 Å². The number of unbranched alkanes of at least 4 members (excludes halogenated alkanes) is 1. The Balaban J connectivity index is 3.63. The molecule has 0 bridgehead atoms. The monoisotopic (exact) mass is 279 g/mol. The smallest absolute Gasteiger partial charge is 0.0806 e. The van der Waals surface area contributed by atoms with Gasteiger partial charge >= 0.3 is 0 Å². The van der Waals surface area contributed by atoms with E-state index >= 15 is 0 Å². The molecule has 0 aromatic heterocycles. The van der Waals surface area contributed by atoms with Crippen molar-refractivity contribution >= 4 is 11.6 Å². The first-order valence-electron chi connectivity index (χ1n) is 8.02. The normalized spacial score (nSPS) is 15.4. The van der Waals surface area contributed by atoms with Crippen LogP contribution in [0.5, 0.6) is 0 Å². The molecule has 0 saturated heterocycles. The van der Waals surface area contributed by atoms with Crippen LogP contribution in [-0.2, 0) is 0 Å². The second-order valence-electron chi connectivity index (χ2n) is 5.58. The summed E-state index contributed by atoms with van der Waals surface area (Å²) in [5.74, 6) is 0. The van der Waals surface area contributed by atoms with Gasteiger partial charge in [-0.2, -0.15) is 11.8 Å². The van der Waals surface area contributed by atoms with E-state index in [2.05, 4.69) is 76.4 Å². The molecule has 1 rings (SSSR count). The van der Waals surface area contributed by atoms with Crippen molar-refractivity contribution in [2.75, 3.05) is 0 Å². The Morgan fingerprint density at radius 1 is 1.00 bits per heavy atom. The average molecular weight is 279 g/mol. The summed E-state index contributed by atoms with van der Waals surface area (Å²) in [5, 5.41) is 0. The Labute approximate surface area is 130 Å². The van der Waals surface area contributed by atoms with Gasteiger partial charge in [0.2, 0.25) is 0 Å². The molecule has 0 heterocycles. The Bertz CT molecular complexity index is 496. The van der Waals surface area contributed by atoms with Crippen LogP contribution >= 0.6 is 0 Å². The molecule has 1 aromatic rings. The van der Waals surface area contributed by atoms with Crippen LogP contribution in [0.2, 0.25) is 6.32 Å². The first kappa shape index (κ1) is 17.3. The topological polar surface area (TPSA) is 0 Å². The molecule has 0 saturated carbocycles. The van der Waals surface area contributed by atoms with Crippen molar-refractivity contribution in [3.63, 3.8) is 0 Å². The zero-order valence-corrected chi connectivity index (χ0v) is 13.8. The molecule has 21 heavy (non-hydrogen) atoms. The maximum Gasteiger partial charge on any atom is 0.0806 e. The molecule has 0 unspecified atom stereocenters.